The van der Waals surface area contributed by atoms with Crippen molar-refractivity contribution in [2.75, 3.05) is 33.7 Å². The molecular formula is C15H27N3O4S. The lowest BCUT2D eigenvalue weighted by molar-refractivity contribution is -0.122. The summed E-state index contributed by atoms with van der Waals surface area (Å²) < 4.78 is 30.6. The zero-order valence-electron chi connectivity index (χ0n) is 14.3. The van der Waals surface area contributed by atoms with Crippen LogP contribution in [0.2, 0.25) is 0 Å². The molecule has 1 heterocycles. The van der Waals surface area contributed by atoms with Crippen molar-refractivity contribution < 1.29 is 17.6 Å². The van der Waals surface area contributed by atoms with Crippen LogP contribution in [0.3, 0.4) is 0 Å². The van der Waals surface area contributed by atoms with Crippen molar-refractivity contribution in [1.82, 2.24) is 14.5 Å². The number of carbonyl (C=O) groups excluding carboxylic acids is 1. The van der Waals surface area contributed by atoms with Gasteiger partial charge in [-0.3, -0.25) is 9.69 Å². The summed E-state index contributed by atoms with van der Waals surface area (Å²) in [4.78, 5) is 13.8. The third-order valence-corrected chi connectivity index (χ3v) is 4.92. The summed E-state index contributed by atoms with van der Waals surface area (Å²) >= 11 is 0. The van der Waals surface area contributed by atoms with Gasteiger partial charge in [-0.1, -0.05) is 13.8 Å². The lowest BCUT2D eigenvalue weighted by Crippen LogP contribution is -2.37. The zero-order chi connectivity index (χ0) is 17.5. The third kappa shape index (κ3) is 5.96. The predicted molar refractivity (Wildman–Crippen MR) is 88.4 cm³/mol. The van der Waals surface area contributed by atoms with Crippen LogP contribution in [0.15, 0.2) is 21.6 Å². The van der Waals surface area contributed by atoms with Crippen LogP contribution in [-0.2, 0) is 21.4 Å². The number of furan rings is 1. The number of sulfonamides is 1. The van der Waals surface area contributed by atoms with Crippen molar-refractivity contribution in [2.24, 2.45) is 0 Å². The smallest absolute Gasteiger partial charge is 0.275 e. The van der Waals surface area contributed by atoms with Gasteiger partial charge in [0.15, 0.2) is 0 Å². The summed E-state index contributed by atoms with van der Waals surface area (Å²) in [5.41, 5.74) is 0. The van der Waals surface area contributed by atoms with E-state index in [0.717, 1.165) is 23.7 Å². The van der Waals surface area contributed by atoms with Crippen molar-refractivity contribution in [3.8, 4) is 0 Å². The van der Waals surface area contributed by atoms with Gasteiger partial charge in [-0.2, -0.15) is 0 Å². The second-order valence-corrected chi connectivity index (χ2v) is 7.65. The number of amides is 1. The maximum Gasteiger partial charge on any atom is 0.275 e. The van der Waals surface area contributed by atoms with Crippen molar-refractivity contribution in [2.45, 2.75) is 38.3 Å². The Kier molecular flexibility index (Phi) is 7.74. The summed E-state index contributed by atoms with van der Waals surface area (Å²) in [5.74, 6) is 0.496. The first-order valence-corrected chi connectivity index (χ1v) is 9.25. The maximum atomic E-state index is 12.0. The first kappa shape index (κ1) is 19.7. The van der Waals surface area contributed by atoms with E-state index in [1.54, 1.807) is 6.07 Å². The van der Waals surface area contributed by atoms with Gasteiger partial charge in [-0.15, -0.1) is 0 Å². The highest BCUT2D eigenvalue weighted by Crippen LogP contribution is 2.18. The van der Waals surface area contributed by atoms with Gasteiger partial charge in [-0.05, 0) is 31.5 Å². The fraction of sp³-hybridized carbons (Fsp3) is 0.667. The molecule has 1 aromatic heterocycles. The summed E-state index contributed by atoms with van der Waals surface area (Å²) in [7, 11) is -0.656. The molecule has 0 bridgehead atoms. The standard InChI is InChI=1S/C15H27N3O4S/c1-5-9-16-14(19)12-18(10-6-2)11-13-7-8-15(22-13)23(20,21)17(3)4/h7-8H,5-6,9-12H2,1-4H3,(H,16,19). The van der Waals surface area contributed by atoms with E-state index in [4.69, 9.17) is 4.42 Å². The van der Waals surface area contributed by atoms with Crippen molar-refractivity contribution in [3.05, 3.63) is 17.9 Å². The monoisotopic (exact) mass is 345 g/mol. The van der Waals surface area contributed by atoms with Gasteiger partial charge in [0.1, 0.15) is 5.76 Å². The number of nitrogens with one attached hydrogen (secondary N) is 1. The molecule has 0 aliphatic rings. The molecule has 0 aliphatic carbocycles. The van der Waals surface area contributed by atoms with Gasteiger partial charge in [0.2, 0.25) is 11.0 Å². The molecule has 0 saturated heterocycles. The van der Waals surface area contributed by atoms with E-state index >= 15 is 0 Å². The van der Waals surface area contributed by atoms with E-state index in [-0.39, 0.29) is 17.5 Å². The molecule has 7 nitrogen and oxygen atoms in total. The van der Waals surface area contributed by atoms with Gasteiger partial charge >= 0.3 is 0 Å². The zero-order valence-corrected chi connectivity index (χ0v) is 15.1. The lowest BCUT2D eigenvalue weighted by Gasteiger charge is -2.19. The van der Waals surface area contributed by atoms with Gasteiger partial charge in [0, 0.05) is 20.6 Å². The van der Waals surface area contributed by atoms with Crippen LogP contribution in [0.1, 0.15) is 32.4 Å². The molecular weight excluding hydrogens is 318 g/mol. The number of hydrogen-bond acceptors (Lipinski definition) is 5. The van der Waals surface area contributed by atoms with E-state index in [1.807, 2.05) is 18.7 Å². The molecule has 0 aliphatic heterocycles. The van der Waals surface area contributed by atoms with E-state index < -0.39 is 10.0 Å². The Labute approximate surface area is 138 Å². The molecule has 1 N–H and O–H groups in total. The Hall–Kier alpha value is -1.38. The average molecular weight is 345 g/mol. The molecule has 0 saturated carbocycles. The van der Waals surface area contributed by atoms with Crippen LogP contribution in [-0.4, -0.2) is 57.3 Å². The maximum absolute atomic E-state index is 12.0. The minimum absolute atomic E-state index is 0.0343. The molecule has 0 atom stereocenters. The first-order valence-electron chi connectivity index (χ1n) is 7.81. The van der Waals surface area contributed by atoms with Crippen molar-refractivity contribution >= 4 is 15.9 Å². The van der Waals surface area contributed by atoms with E-state index in [1.165, 1.54) is 20.2 Å². The number of carbonyl (C=O) groups is 1. The van der Waals surface area contributed by atoms with Gasteiger partial charge in [0.25, 0.3) is 10.0 Å². The number of rotatable bonds is 10. The van der Waals surface area contributed by atoms with E-state index in [0.29, 0.717) is 18.8 Å². The second-order valence-electron chi connectivity index (χ2n) is 5.57. The van der Waals surface area contributed by atoms with Gasteiger partial charge in [-0.25, -0.2) is 12.7 Å². The number of nitrogens with zero attached hydrogens (tertiary/aromatic N) is 2. The molecule has 1 aromatic rings. The minimum Gasteiger partial charge on any atom is -0.447 e. The topological polar surface area (TPSA) is 82.9 Å². The predicted octanol–water partition coefficient (Wildman–Crippen LogP) is 1.27. The largest absolute Gasteiger partial charge is 0.447 e. The van der Waals surface area contributed by atoms with Crippen LogP contribution in [0, 0.1) is 0 Å². The Morgan fingerprint density at radius 3 is 2.48 bits per heavy atom. The van der Waals surface area contributed by atoms with Crippen LogP contribution >= 0.6 is 0 Å². The summed E-state index contributed by atoms with van der Waals surface area (Å²) in [6, 6.07) is 3.09. The molecule has 1 rings (SSSR count). The molecule has 0 spiro atoms. The molecule has 132 valence electrons. The van der Waals surface area contributed by atoms with Crippen LogP contribution < -0.4 is 5.32 Å². The molecule has 8 heteroatoms. The Morgan fingerprint density at radius 1 is 1.22 bits per heavy atom. The number of hydrogen-bond donors (Lipinski definition) is 1. The van der Waals surface area contributed by atoms with Crippen LogP contribution in [0.25, 0.3) is 0 Å². The summed E-state index contributed by atoms with van der Waals surface area (Å²) in [6.07, 6.45) is 1.79. The SMILES string of the molecule is CCCNC(=O)CN(CCC)Cc1ccc(S(=O)(=O)N(C)C)o1. The highest BCUT2D eigenvalue weighted by molar-refractivity contribution is 7.88. The lowest BCUT2D eigenvalue weighted by atomic mass is 10.3. The van der Waals surface area contributed by atoms with Crippen LogP contribution in [0.5, 0.6) is 0 Å². The normalized spacial score (nSPS) is 12.1. The quantitative estimate of drug-likeness (QED) is 0.690. The average Bonchev–Trinajstić information content (AvgIpc) is 2.94. The molecule has 0 aromatic carbocycles. The molecule has 0 radical (unpaired) electrons. The third-order valence-electron chi connectivity index (χ3n) is 3.23. The fourth-order valence-corrected chi connectivity index (χ4v) is 2.85. The fourth-order valence-electron chi connectivity index (χ4n) is 2.04. The minimum atomic E-state index is -3.57. The molecule has 0 unspecified atom stereocenters. The van der Waals surface area contributed by atoms with Crippen molar-refractivity contribution in [3.63, 3.8) is 0 Å². The van der Waals surface area contributed by atoms with Gasteiger partial charge < -0.3 is 9.73 Å². The molecule has 1 amide bonds. The Balaban J connectivity index is 2.74. The highest BCUT2D eigenvalue weighted by atomic mass is 32.2. The highest BCUT2D eigenvalue weighted by Gasteiger charge is 2.22. The summed E-state index contributed by atoms with van der Waals surface area (Å²) in [5, 5.41) is 2.76. The van der Waals surface area contributed by atoms with Gasteiger partial charge in [0.05, 0.1) is 13.1 Å². The Bertz CT molecular complexity index is 596. The molecule has 0 fully saturated rings. The molecule has 23 heavy (non-hydrogen) atoms. The summed E-state index contributed by atoms with van der Waals surface area (Å²) in [6.45, 7) is 6.09. The Morgan fingerprint density at radius 2 is 1.91 bits per heavy atom. The van der Waals surface area contributed by atoms with Crippen molar-refractivity contribution in [1.29, 1.82) is 0 Å². The van der Waals surface area contributed by atoms with Crippen LogP contribution in [0.4, 0.5) is 0 Å². The van der Waals surface area contributed by atoms with E-state index in [2.05, 4.69) is 5.32 Å². The second kappa shape index (κ2) is 9.05. The van der Waals surface area contributed by atoms with E-state index in [9.17, 15) is 13.2 Å². The first-order chi connectivity index (χ1) is 10.8.